The van der Waals surface area contributed by atoms with Crippen molar-refractivity contribution >= 4 is 5.97 Å². The summed E-state index contributed by atoms with van der Waals surface area (Å²) in [4.78, 5) is 11.2. The highest BCUT2D eigenvalue weighted by Crippen LogP contribution is 2.36. The molecule has 21 N–H and O–H groups in total. The molecule has 29 atom stereocenters. The van der Waals surface area contributed by atoms with Crippen molar-refractivity contribution < 1.29 is 159 Å². The number of ether oxygens (including phenoxy) is 10. The molecule has 0 aromatic rings. The summed E-state index contributed by atoms with van der Waals surface area (Å²) in [6.45, 7) is -6.17. The summed E-state index contributed by atoms with van der Waals surface area (Å²) in [7, 11) is 0. The summed E-state index contributed by atoms with van der Waals surface area (Å²) in [6.07, 6.45) is -58.2. The van der Waals surface area contributed by atoms with Crippen molar-refractivity contribution in [1.29, 1.82) is 0 Å². The van der Waals surface area contributed by atoms with Crippen LogP contribution in [0.5, 0.6) is 0 Å². The molecular formula is C36H62O32. The van der Waals surface area contributed by atoms with Crippen LogP contribution in [0.4, 0.5) is 0 Å². The molecular weight excluding hydrogens is 944 g/mol. The van der Waals surface area contributed by atoms with E-state index in [1.807, 2.05) is 0 Å². The summed E-state index contributed by atoms with van der Waals surface area (Å²) in [5, 5.41) is 218. The number of aliphatic hydroxyl groups excluding tert-OH is 20. The Morgan fingerprint density at radius 3 is 0.971 bits per heavy atom. The van der Waals surface area contributed by atoms with Crippen molar-refractivity contribution in [2.24, 2.45) is 0 Å². The standard InChI is InChI=1S/C36H62O32/c37-1-7(43)26(15(46)20(51)31(57)58)64-33-22(53)16(47)28(9(3-39)60-33)66-35-24(55)18(49)30(11(5-41)62-35)68-36-25(56)19(50)29(12(6-42)63-36)67-34-23(54)17(48)27(10(4-40)61-34)65-32-21(52)14(45)13(44)8(2-38)59-32/h7-30,32-56H,1-6H2,(H,57,58)/t7-,8-,9-,10-,11-,12-,13-,14+,15-,16-,17-,18-,19-,20-,21-,22-,23-,24-,25-,26-,27-,28-,29-,30-,32+,33+,34+,35+,36+/m1/s1. The number of carbonyl (C=O) groups is 1. The maximum Gasteiger partial charge on any atom is 0.335 e. The summed E-state index contributed by atoms with van der Waals surface area (Å²) in [5.74, 6) is -1.98. The highest BCUT2D eigenvalue weighted by molar-refractivity contribution is 5.72. The maximum atomic E-state index is 11.2. The van der Waals surface area contributed by atoms with Gasteiger partial charge in [-0.1, -0.05) is 0 Å². The zero-order valence-electron chi connectivity index (χ0n) is 35.4. The minimum Gasteiger partial charge on any atom is -0.479 e. The van der Waals surface area contributed by atoms with E-state index in [2.05, 4.69) is 0 Å². The molecule has 0 aliphatic carbocycles. The molecule has 0 radical (unpaired) electrons. The maximum absolute atomic E-state index is 11.2. The summed E-state index contributed by atoms with van der Waals surface area (Å²) >= 11 is 0. The van der Waals surface area contributed by atoms with Gasteiger partial charge in [0.25, 0.3) is 0 Å². The largest absolute Gasteiger partial charge is 0.479 e. The van der Waals surface area contributed by atoms with Crippen molar-refractivity contribution in [2.45, 2.75) is 178 Å². The van der Waals surface area contributed by atoms with E-state index in [-0.39, 0.29) is 0 Å². The first kappa shape index (κ1) is 57.2. The third-order valence-electron chi connectivity index (χ3n) is 12.1. The van der Waals surface area contributed by atoms with Crippen molar-refractivity contribution in [1.82, 2.24) is 0 Å². The third kappa shape index (κ3) is 12.0. The smallest absolute Gasteiger partial charge is 0.335 e. The molecule has 398 valence electrons. The molecule has 32 heteroatoms. The van der Waals surface area contributed by atoms with Crippen LogP contribution in [-0.2, 0) is 52.2 Å². The SMILES string of the molecule is O=C(O)[C@H](O)[C@@H](O)[C@H](O[C@@H]1O[C@H](CO)[C@@H](O[C@@H]2O[C@H](CO)[C@@H](O[C@@H]3O[C@H](CO)[C@@H](O[C@@H]4O[C@H](CO)[C@@H](O[C@@H]5O[C@H](CO)[C@@H](O)[C@H](O)[C@H]5O)[C@H](O)[C@H]4O)[C@H](O)[C@H]3O)[C@H](O)[C@H]2O)[C@H](O)[C@H]1O)[C@H](O)CO. The fourth-order valence-electron chi connectivity index (χ4n) is 8.11. The molecule has 0 unspecified atom stereocenters. The van der Waals surface area contributed by atoms with Crippen LogP contribution in [0.2, 0.25) is 0 Å². The van der Waals surface area contributed by atoms with Gasteiger partial charge in [0.15, 0.2) is 37.6 Å². The monoisotopic (exact) mass is 1010 g/mol. The molecule has 5 rings (SSSR count). The fourth-order valence-corrected chi connectivity index (χ4v) is 8.11. The lowest BCUT2D eigenvalue weighted by Crippen LogP contribution is -2.68. The van der Waals surface area contributed by atoms with Gasteiger partial charge in [0, 0.05) is 0 Å². The van der Waals surface area contributed by atoms with Gasteiger partial charge in [0.05, 0.1) is 39.6 Å². The number of carboxylic acids is 1. The van der Waals surface area contributed by atoms with Gasteiger partial charge in [-0.2, -0.15) is 0 Å². The number of aliphatic carboxylic acids is 1. The second kappa shape index (κ2) is 24.8. The van der Waals surface area contributed by atoms with Gasteiger partial charge in [-0.15, -0.1) is 0 Å². The van der Waals surface area contributed by atoms with Crippen molar-refractivity contribution in [3.63, 3.8) is 0 Å². The minimum atomic E-state index is -2.59. The molecule has 5 aliphatic rings. The predicted molar refractivity (Wildman–Crippen MR) is 202 cm³/mol. The van der Waals surface area contributed by atoms with Crippen LogP contribution in [0.3, 0.4) is 0 Å². The first-order valence-electron chi connectivity index (χ1n) is 21.1. The Labute approximate surface area is 382 Å². The van der Waals surface area contributed by atoms with Crippen molar-refractivity contribution in [3.8, 4) is 0 Å². The topological polar surface area (TPSA) is 534 Å². The summed E-state index contributed by atoms with van der Waals surface area (Å²) in [6, 6.07) is 0. The lowest BCUT2D eigenvalue weighted by Gasteiger charge is -2.49. The van der Waals surface area contributed by atoms with Crippen LogP contribution in [-0.4, -0.2) is 331 Å². The van der Waals surface area contributed by atoms with Gasteiger partial charge < -0.3 is 155 Å². The Hall–Kier alpha value is -1.73. The summed E-state index contributed by atoms with van der Waals surface area (Å²) < 4.78 is 54.9. The number of carboxylic acid groups (broad SMARTS) is 1. The van der Waals surface area contributed by atoms with Gasteiger partial charge in [-0.3, -0.25) is 0 Å². The third-order valence-corrected chi connectivity index (χ3v) is 12.1. The van der Waals surface area contributed by atoms with Gasteiger partial charge >= 0.3 is 5.97 Å². The average Bonchev–Trinajstić information content (AvgIpc) is 3.33. The van der Waals surface area contributed by atoms with Gasteiger partial charge in [0.2, 0.25) is 0 Å². The van der Waals surface area contributed by atoms with E-state index in [0.29, 0.717) is 0 Å². The first-order chi connectivity index (χ1) is 32.1. The van der Waals surface area contributed by atoms with Crippen LogP contribution in [0.1, 0.15) is 0 Å². The number of hydrogen-bond donors (Lipinski definition) is 21. The Balaban J connectivity index is 1.22. The molecule has 0 spiro atoms. The highest BCUT2D eigenvalue weighted by atomic mass is 16.8. The molecule has 68 heavy (non-hydrogen) atoms. The van der Waals surface area contributed by atoms with Gasteiger partial charge in [-0.05, 0) is 0 Å². The fraction of sp³-hybridized carbons (Fsp3) is 0.972. The zero-order chi connectivity index (χ0) is 50.6. The Morgan fingerprint density at radius 2 is 0.676 bits per heavy atom. The molecule has 0 aromatic carbocycles. The quantitative estimate of drug-likeness (QED) is 0.0538. The van der Waals surface area contributed by atoms with E-state index < -0.39 is 224 Å². The lowest BCUT2D eigenvalue weighted by atomic mass is 9.95. The van der Waals surface area contributed by atoms with E-state index in [9.17, 15) is 107 Å². The van der Waals surface area contributed by atoms with Crippen LogP contribution in [0.25, 0.3) is 0 Å². The van der Waals surface area contributed by atoms with E-state index in [0.717, 1.165) is 0 Å². The predicted octanol–water partition coefficient (Wildman–Crippen LogP) is -14.4. The number of rotatable bonds is 20. The average molecular weight is 1010 g/mol. The Bertz CT molecular complexity index is 1530. The molecule has 5 fully saturated rings. The molecule has 5 saturated heterocycles. The first-order valence-corrected chi connectivity index (χ1v) is 21.1. The van der Waals surface area contributed by atoms with Crippen LogP contribution in [0.15, 0.2) is 0 Å². The molecule has 0 saturated carbocycles. The van der Waals surface area contributed by atoms with E-state index in [1.165, 1.54) is 0 Å². The van der Waals surface area contributed by atoms with Crippen LogP contribution < -0.4 is 0 Å². The summed E-state index contributed by atoms with van der Waals surface area (Å²) in [5.41, 5.74) is 0. The molecule has 0 amide bonds. The van der Waals surface area contributed by atoms with Gasteiger partial charge in [-0.25, -0.2) is 4.79 Å². The van der Waals surface area contributed by atoms with Gasteiger partial charge in [0.1, 0.15) is 140 Å². The molecule has 0 aromatic heterocycles. The highest BCUT2D eigenvalue weighted by Gasteiger charge is 2.57. The van der Waals surface area contributed by atoms with E-state index >= 15 is 0 Å². The van der Waals surface area contributed by atoms with Crippen LogP contribution in [0, 0.1) is 0 Å². The Kier molecular flexibility index (Phi) is 20.9. The molecule has 32 nitrogen and oxygen atoms in total. The second-order valence-corrected chi connectivity index (χ2v) is 16.6. The zero-order valence-corrected chi connectivity index (χ0v) is 35.4. The van der Waals surface area contributed by atoms with E-state index in [1.54, 1.807) is 0 Å². The number of aliphatic hydroxyl groups is 20. The molecule has 5 aliphatic heterocycles. The number of hydrogen-bond acceptors (Lipinski definition) is 31. The normalized spacial score (nSPS) is 47.8. The molecule has 5 heterocycles. The Morgan fingerprint density at radius 1 is 0.397 bits per heavy atom. The molecule has 0 bridgehead atoms. The van der Waals surface area contributed by atoms with Crippen molar-refractivity contribution in [3.05, 3.63) is 0 Å². The second-order valence-electron chi connectivity index (χ2n) is 16.6. The van der Waals surface area contributed by atoms with E-state index in [4.69, 9.17) is 52.5 Å². The van der Waals surface area contributed by atoms with Crippen molar-refractivity contribution in [2.75, 3.05) is 39.6 Å². The lowest BCUT2D eigenvalue weighted by molar-refractivity contribution is -0.394. The minimum absolute atomic E-state index is 0.839. The van der Waals surface area contributed by atoms with Crippen LogP contribution >= 0.6 is 0 Å².